The normalized spacial score (nSPS) is 8.56. The third kappa shape index (κ3) is 4.42. The highest BCUT2D eigenvalue weighted by molar-refractivity contribution is 5.62. The third-order valence-corrected chi connectivity index (χ3v) is 2.00. The van der Waals surface area contributed by atoms with Gasteiger partial charge in [0.15, 0.2) is 0 Å². The Bertz CT molecular complexity index is 505. The van der Waals surface area contributed by atoms with Gasteiger partial charge in [-0.05, 0) is 23.8 Å². The Hall–Kier alpha value is -2.72. The summed E-state index contributed by atoms with van der Waals surface area (Å²) >= 11 is 0. The second kappa shape index (κ2) is 7.54. The summed E-state index contributed by atoms with van der Waals surface area (Å²) in [5.74, 6) is 0.659. The molecule has 90 valence electrons. The van der Waals surface area contributed by atoms with E-state index in [1.165, 1.54) is 12.3 Å². The second-order valence-electron chi connectivity index (χ2n) is 3.24. The van der Waals surface area contributed by atoms with E-state index in [4.69, 9.17) is 20.0 Å². The van der Waals surface area contributed by atoms with Gasteiger partial charge >= 0.3 is 0 Å². The van der Waals surface area contributed by atoms with Crippen LogP contribution in [0.15, 0.2) is 42.7 Å². The van der Waals surface area contributed by atoms with Gasteiger partial charge in [0.2, 0.25) is 0 Å². The van der Waals surface area contributed by atoms with E-state index in [1.54, 1.807) is 24.3 Å². The molecule has 0 bridgehead atoms. The summed E-state index contributed by atoms with van der Waals surface area (Å²) in [7, 11) is 0. The highest BCUT2D eigenvalue weighted by Crippen LogP contribution is 2.15. The molecule has 0 radical (unpaired) electrons. The molecule has 1 aromatic carbocycles. The minimum Gasteiger partial charge on any atom is -0.498 e. The summed E-state index contributed by atoms with van der Waals surface area (Å²) in [4.78, 5) is 0. The van der Waals surface area contributed by atoms with Gasteiger partial charge in [-0.15, -0.1) is 0 Å². The van der Waals surface area contributed by atoms with Gasteiger partial charge in [0.05, 0.1) is 6.26 Å². The lowest BCUT2D eigenvalue weighted by molar-refractivity contribution is 0.179. The van der Waals surface area contributed by atoms with Crippen LogP contribution in [0.25, 0.3) is 6.08 Å². The van der Waals surface area contributed by atoms with E-state index in [-0.39, 0.29) is 5.57 Å². The zero-order chi connectivity index (χ0) is 13.2. The Morgan fingerprint density at radius 1 is 1.28 bits per heavy atom. The molecule has 4 heteroatoms. The molecule has 1 aromatic rings. The molecule has 18 heavy (non-hydrogen) atoms. The van der Waals surface area contributed by atoms with E-state index in [9.17, 15) is 0 Å². The molecule has 0 fully saturated rings. The molecule has 0 atom stereocenters. The van der Waals surface area contributed by atoms with Gasteiger partial charge in [-0.3, -0.25) is 0 Å². The first kappa shape index (κ1) is 13.3. The van der Waals surface area contributed by atoms with Crippen molar-refractivity contribution in [2.45, 2.75) is 0 Å². The van der Waals surface area contributed by atoms with Crippen molar-refractivity contribution < 1.29 is 9.47 Å². The summed E-state index contributed by atoms with van der Waals surface area (Å²) in [6.07, 6.45) is 2.86. The van der Waals surface area contributed by atoms with Crippen molar-refractivity contribution in [3.63, 3.8) is 0 Å². The largest absolute Gasteiger partial charge is 0.498 e. The van der Waals surface area contributed by atoms with Crippen molar-refractivity contribution >= 4 is 6.08 Å². The lowest BCUT2D eigenvalue weighted by Gasteiger charge is -2.06. The van der Waals surface area contributed by atoms with Crippen LogP contribution >= 0.6 is 0 Å². The molecule has 0 saturated heterocycles. The summed E-state index contributed by atoms with van der Waals surface area (Å²) < 4.78 is 10.4. The molecular weight excluding hydrogens is 228 g/mol. The van der Waals surface area contributed by atoms with E-state index >= 15 is 0 Å². The van der Waals surface area contributed by atoms with Crippen LogP contribution in [0.3, 0.4) is 0 Å². The molecule has 0 aliphatic rings. The van der Waals surface area contributed by atoms with E-state index in [0.29, 0.717) is 19.0 Å². The average Bonchev–Trinajstić information content (AvgIpc) is 2.41. The number of ether oxygens (including phenoxy) is 2. The monoisotopic (exact) mass is 240 g/mol. The number of nitrogens with zero attached hydrogens (tertiary/aromatic N) is 2. The average molecular weight is 240 g/mol. The van der Waals surface area contributed by atoms with Gasteiger partial charge < -0.3 is 9.47 Å². The first-order valence-electron chi connectivity index (χ1n) is 5.27. The first-order valence-corrected chi connectivity index (χ1v) is 5.27. The molecule has 0 aliphatic heterocycles. The minimum absolute atomic E-state index is 0.0575. The van der Waals surface area contributed by atoms with E-state index < -0.39 is 0 Å². The van der Waals surface area contributed by atoms with E-state index in [1.807, 2.05) is 12.1 Å². The van der Waals surface area contributed by atoms with Crippen LogP contribution < -0.4 is 4.74 Å². The number of allylic oxidation sites excluding steroid dienone is 1. The van der Waals surface area contributed by atoms with E-state index in [0.717, 1.165) is 5.56 Å². The molecule has 0 heterocycles. The number of hydrogen-bond acceptors (Lipinski definition) is 4. The van der Waals surface area contributed by atoms with Gasteiger partial charge in [-0.25, -0.2) is 0 Å². The number of rotatable bonds is 6. The summed E-state index contributed by atoms with van der Waals surface area (Å²) in [6.45, 7) is 4.25. The lowest BCUT2D eigenvalue weighted by atomic mass is 10.1. The maximum atomic E-state index is 8.66. The zero-order valence-electron chi connectivity index (χ0n) is 9.80. The highest BCUT2D eigenvalue weighted by Gasteiger charge is 1.97. The van der Waals surface area contributed by atoms with Gasteiger partial charge in [-0.1, -0.05) is 18.7 Å². The van der Waals surface area contributed by atoms with Crippen molar-refractivity contribution in [1.29, 1.82) is 10.5 Å². The molecule has 0 unspecified atom stereocenters. The summed E-state index contributed by atoms with van der Waals surface area (Å²) in [5, 5.41) is 17.3. The zero-order valence-corrected chi connectivity index (χ0v) is 9.80. The fourth-order valence-electron chi connectivity index (χ4n) is 1.24. The Morgan fingerprint density at radius 3 is 2.72 bits per heavy atom. The molecule has 1 rings (SSSR count). The van der Waals surface area contributed by atoms with Crippen LogP contribution in [0.5, 0.6) is 5.75 Å². The van der Waals surface area contributed by atoms with Crippen molar-refractivity contribution in [2.24, 2.45) is 0 Å². The first-order chi connectivity index (χ1) is 8.80. The SMILES string of the molecule is C=COCCOc1cccc(C=C(C#N)C#N)c1. The van der Waals surface area contributed by atoms with Crippen LogP contribution in [0.4, 0.5) is 0 Å². The number of benzene rings is 1. The van der Waals surface area contributed by atoms with Gasteiger partial charge in [0.1, 0.15) is 36.7 Å². The van der Waals surface area contributed by atoms with Gasteiger partial charge in [-0.2, -0.15) is 10.5 Å². The Labute approximate surface area is 106 Å². The maximum absolute atomic E-state index is 8.66. The molecule has 0 N–H and O–H groups in total. The molecule has 4 nitrogen and oxygen atoms in total. The van der Waals surface area contributed by atoms with Crippen LogP contribution in [0.2, 0.25) is 0 Å². The topological polar surface area (TPSA) is 66.0 Å². The number of hydrogen-bond donors (Lipinski definition) is 0. The van der Waals surface area contributed by atoms with E-state index in [2.05, 4.69) is 6.58 Å². The standard InChI is InChI=1S/C14H12N2O2/c1-2-17-6-7-18-14-5-3-4-12(9-14)8-13(10-15)11-16/h2-5,8-9H,1,6-7H2. The van der Waals surface area contributed by atoms with Crippen LogP contribution in [-0.2, 0) is 4.74 Å². The Morgan fingerprint density at radius 2 is 2.06 bits per heavy atom. The Kier molecular flexibility index (Phi) is 5.59. The summed E-state index contributed by atoms with van der Waals surface area (Å²) in [5.41, 5.74) is 0.803. The van der Waals surface area contributed by atoms with Crippen LogP contribution in [0.1, 0.15) is 5.56 Å². The number of nitriles is 2. The third-order valence-electron chi connectivity index (χ3n) is 2.00. The molecule has 0 aliphatic carbocycles. The smallest absolute Gasteiger partial charge is 0.130 e. The van der Waals surface area contributed by atoms with Gasteiger partial charge in [0, 0.05) is 0 Å². The quantitative estimate of drug-likeness (QED) is 0.435. The minimum atomic E-state index is 0.0575. The van der Waals surface area contributed by atoms with Crippen molar-refractivity contribution in [2.75, 3.05) is 13.2 Å². The molecule has 0 saturated carbocycles. The molecule has 0 spiro atoms. The van der Waals surface area contributed by atoms with Crippen molar-refractivity contribution in [1.82, 2.24) is 0 Å². The molecule has 0 amide bonds. The lowest BCUT2D eigenvalue weighted by Crippen LogP contribution is -2.03. The fraction of sp³-hybridized carbons (Fsp3) is 0.143. The fourth-order valence-corrected chi connectivity index (χ4v) is 1.24. The predicted octanol–water partition coefficient (Wildman–Crippen LogP) is 2.66. The van der Waals surface area contributed by atoms with Crippen LogP contribution in [-0.4, -0.2) is 13.2 Å². The van der Waals surface area contributed by atoms with Gasteiger partial charge in [0.25, 0.3) is 0 Å². The molecular formula is C14H12N2O2. The second-order valence-corrected chi connectivity index (χ2v) is 3.24. The van der Waals surface area contributed by atoms with Crippen molar-refractivity contribution in [3.8, 4) is 17.9 Å². The predicted molar refractivity (Wildman–Crippen MR) is 67.3 cm³/mol. The maximum Gasteiger partial charge on any atom is 0.130 e. The Balaban J connectivity index is 2.69. The van der Waals surface area contributed by atoms with Crippen LogP contribution in [0, 0.1) is 22.7 Å². The molecule has 0 aromatic heterocycles. The summed E-state index contributed by atoms with van der Waals surface area (Å²) in [6, 6.07) is 10.8. The van der Waals surface area contributed by atoms with Crippen molar-refractivity contribution in [3.05, 3.63) is 48.2 Å². The highest BCUT2D eigenvalue weighted by atomic mass is 16.5.